The smallest absolute Gasteiger partial charge is 0.255 e. The monoisotopic (exact) mass is 364 g/mol. The summed E-state index contributed by atoms with van der Waals surface area (Å²) in [6, 6.07) is 5.90. The van der Waals surface area contributed by atoms with E-state index < -0.39 is 6.43 Å². The van der Waals surface area contributed by atoms with Gasteiger partial charge in [0.25, 0.3) is 6.43 Å². The summed E-state index contributed by atoms with van der Waals surface area (Å²) < 4.78 is 26.0. The summed E-state index contributed by atoms with van der Waals surface area (Å²) in [5.41, 5.74) is 1.77. The highest BCUT2D eigenvalue weighted by atomic mass is 79.9. The van der Waals surface area contributed by atoms with E-state index in [-0.39, 0.29) is 25.7 Å². The molecule has 0 saturated heterocycles. The lowest BCUT2D eigenvalue weighted by Gasteiger charge is -2.25. The number of rotatable bonds is 9. The third-order valence-corrected chi connectivity index (χ3v) is 3.88. The Kier molecular flexibility index (Phi) is 8.14. The molecule has 0 heterocycles. The number of halogens is 3. The van der Waals surface area contributed by atoms with Crippen molar-refractivity contribution in [3.63, 3.8) is 0 Å². The van der Waals surface area contributed by atoms with E-state index in [0.29, 0.717) is 5.69 Å². The number of aliphatic hydroxyl groups is 1. The highest BCUT2D eigenvalue weighted by Gasteiger charge is 2.16. The Hall–Kier alpha value is -0.720. The Morgan fingerprint density at radius 3 is 2.62 bits per heavy atom. The van der Waals surface area contributed by atoms with Gasteiger partial charge in [0.1, 0.15) is 0 Å². The molecule has 120 valence electrons. The number of aliphatic hydroxyl groups excluding tert-OH is 1. The topological polar surface area (TPSA) is 35.5 Å². The van der Waals surface area contributed by atoms with Crippen molar-refractivity contribution in [2.75, 3.05) is 31.1 Å². The second-order valence-electron chi connectivity index (χ2n) is 4.95. The fraction of sp³-hybridized carbons (Fsp3) is 0.600. The van der Waals surface area contributed by atoms with Crippen molar-refractivity contribution in [2.24, 2.45) is 0 Å². The quantitative estimate of drug-likeness (QED) is 0.702. The van der Waals surface area contributed by atoms with Gasteiger partial charge in [0.15, 0.2) is 0 Å². The fourth-order valence-corrected chi connectivity index (χ4v) is 2.77. The lowest BCUT2D eigenvalue weighted by molar-refractivity contribution is 0.152. The van der Waals surface area contributed by atoms with Crippen LogP contribution < -0.4 is 10.2 Å². The Bertz CT molecular complexity index is 432. The predicted molar refractivity (Wildman–Crippen MR) is 86.2 cm³/mol. The van der Waals surface area contributed by atoms with Gasteiger partial charge in [0.2, 0.25) is 0 Å². The molecular formula is C15H23BrF2N2O. The lowest BCUT2D eigenvalue weighted by atomic mass is 10.1. The molecule has 1 atom stereocenters. The van der Waals surface area contributed by atoms with Crippen LogP contribution >= 0.6 is 15.9 Å². The summed E-state index contributed by atoms with van der Waals surface area (Å²) in [5.74, 6) is 0. The fourth-order valence-electron chi connectivity index (χ4n) is 2.13. The van der Waals surface area contributed by atoms with Crippen molar-refractivity contribution in [1.82, 2.24) is 5.32 Å². The molecule has 1 unspecified atom stereocenters. The Balaban J connectivity index is 2.88. The molecule has 0 bridgehead atoms. The lowest BCUT2D eigenvalue weighted by Crippen LogP contribution is -2.32. The van der Waals surface area contributed by atoms with E-state index in [1.54, 1.807) is 0 Å². The summed E-state index contributed by atoms with van der Waals surface area (Å²) in [6.45, 7) is 4.75. The molecule has 0 aliphatic heterocycles. The normalized spacial score (nSPS) is 12.7. The molecule has 1 aromatic carbocycles. The molecule has 0 amide bonds. The first-order chi connectivity index (χ1) is 9.99. The van der Waals surface area contributed by atoms with E-state index in [9.17, 15) is 8.78 Å². The van der Waals surface area contributed by atoms with Crippen LogP contribution in [0.2, 0.25) is 0 Å². The van der Waals surface area contributed by atoms with E-state index in [4.69, 9.17) is 5.11 Å². The average molecular weight is 365 g/mol. The second kappa shape index (κ2) is 9.33. The Morgan fingerprint density at radius 2 is 2.10 bits per heavy atom. The summed E-state index contributed by atoms with van der Waals surface area (Å²) in [6.07, 6.45) is -1.38. The highest BCUT2D eigenvalue weighted by molar-refractivity contribution is 9.10. The van der Waals surface area contributed by atoms with Gasteiger partial charge < -0.3 is 15.3 Å². The molecule has 21 heavy (non-hydrogen) atoms. The Morgan fingerprint density at radius 1 is 1.38 bits per heavy atom. The van der Waals surface area contributed by atoms with Crippen molar-refractivity contribution < 1.29 is 13.9 Å². The maximum Gasteiger partial charge on any atom is 0.255 e. The predicted octanol–water partition coefficient (Wildman–Crippen LogP) is 3.57. The standard InChI is InChI=1S/C15H23BrF2N2O/c1-3-6-19-11(2)12-4-5-14(13(16)9-12)20(7-8-21)10-15(17)18/h4-5,9,11,15,19,21H,3,6-8,10H2,1-2H3. The first-order valence-electron chi connectivity index (χ1n) is 7.16. The van der Waals surface area contributed by atoms with Crippen molar-refractivity contribution in [2.45, 2.75) is 32.7 Å². The number of hydrogen-bond acceptors (Lipinski definition) is 3. The van der Waals surface area contributed by atoms with Gasteiger partial charge in [-0.25, -0.2) is 8.78 Å². The summed E-state index contributed by atoms with van der Waals surface area (Å²) in [4.78, 5) is 1.49. The second-order valence-corrected chi connectivity index (χ2v) is 5.80. The van der Waals surface area contributed by atoms with E-state index in [2.05, 4.69) is 35.1 Å². The van der Waals surface area contributed by atoms with Crippen LogP contribution in [-0.2, 0) is 0 Å². The van der Waals surface area contributed by atoms with Gasteiger partial charge in [-0.15, -0.1) is 0 Å². The van der Waals surface area contributed by atoms with Crippen LogP contribution in [0, 0.1) is 0 Å². The molecule has 6 heteroatoms. The third-order valence-electron chi connectivity index (χ3n) is 3.24. The van der Waals surface area contributed by atoms with Gasteiger partial charge in [-0.2, -0.15) is 0 Å². The molecule has 0 aliphatic carbocycles. The van der Waals surface area contributed by atoms with Crippen LogP contribution in [0.4, 0.5) is 14.5 Å². The van der Waals surface area contributed by atoms with Gasteiger partial charge in [-0.3, -0.25) is 0 Å². The molecule has 0 aromatic heterocycles. The molecule has 2 N–H and O–H groups in total. The van der Waals surface area contributed by atoms with Crippen molar-refractivity contribution in [3.05, 3.63) is 28.2 Å². The molecule has 0 fully saturated rings. The maximum atomic E-state index is 12.6. The number of benzene rings is 1. The van der Waals surface area contributed by atoms with Gasteiger partial charge in [-0.1, -0.05) is 13.0 Å². The minimum Gasteiger partial charge on any atom is -0.395 e. The molecule has 0 radical (unpaired) electrons. The molecule has 0 saturated carbocycles. The van der Waals surface area contributed by atoms with Crippen molar-refractivity contribution in [3.8, 4) is 0 Å². The first-order valence-corrected chi connectivity index (χ1v) is 7.95. The Labute approximate surface area is 133 Å². The zero-order chi connectivity index (χ0) is 15.8. The molecule has 1 rings (SSSR count). The van der Waals surface area contributed by atoms with Crippen LogP contribution in [0.15, 0.2) is 22.7 Å². The molecule has 0 aliphatic rings. The molecule has 3 nitrogen and oxygen atoms in total. The van der Waals surface area contributed by atoms with Crippen LogP contribution in [0.3, 0.4) is 0 Å². The number of alkyl halides is 2. The highest BCUT2D eigenvalue weighted by Crippen LogP contribution is 2.29. The van der Waals surface area contributed by atoms with E-state index in [0.717, 1.165) is 23.0 Å². The summed E-state index contributed by atoms with van der Waals surface area (Å²) in [7, 11) is 0. The van der Waals surface area contributed by atoms with Crippen LogP contribution in [0.25, 0.3) is 0 Å². The zero-order valence-corrected chi connectivity index (χ0v) is 14.0. The number of hydrogen-bond donors (Lipinski definition) is 2. The number of nitrogens with one attached hydrogen (secondary N) is 1. The van der Waals surface area contributed by atoms with E-state index in [1.807, 2.05) is 18.2 Å². The summed E-state index contributed by atoms with van der Waals surface area (Å²) in [5, 5.41) is 12.4. The number of anilines is 1. The SMILES string of the molecule is CCCNC(C)c1ccc(N(CCO)CC(F)F)c(Br)c1. The van der Waals surface area contributed by atoms with Crippen LogP contribution in [0.1, 0.15) is 31.9 Å². The van der Waals surface area contributed by atoms with Crippen LogP contribution in [-0.4, -0.2) is 37.8 Å². The minimum absolute atomic E-state index is 0.157. The molecule has 0 spiro atoms. The molecular weight excluding hydrogens is 342 g/mol. The average Bonchev–Trinajstić information content (AvgIpc) is 2.43. The van der Waals surface area contributed by atoms with Crippen molar-refractivity contribution >= 4 is 21.6 Å². The largest absolute Gasteiger partial charge is 0.395 e. The first kappa shape index (κ1) is 18.3. The maximum absolute atomic E-state index is 12.6. The number of nitrogens with zero attached hydrogens (tertiary/aromatic N) is 1. The van der Waals surface area contributed by atoms with Gasteiger partial charge in [0.05, 0.1) is 18.8 Å². The van der Waals surface area contributed by atoms with Crippen LogP contribution in [0.5, 0.6) is 0 Å². The van der Waals surface area contributed by atoms with Gasteiger partial charge in [0, 0.05) is 17.1 Å². The van der Waals surface area contributed by atoms with E-state index >= 15 is 0 Å². The minimum atomic E-state index is -2.44. The van der Waals surface area contributed by atoms with Gasteiger partial charge in [-0.05, 0) is 53.5 Å². The third kappa shape index (κ3) is 5.88. The zero-order valence-electron chi connectivity index (χ0n) is 12.5. The van der Waals surface area contributed by atoms with E-state index in [1.165, 1.54) is 4.90 Å². The van der Waals surface area contributed by atoms with Gasteiger partial charge >= 0.3 is 0 Å². The summed E-state index contributed by atoms with van der Waals surface area (Å²) >= 11 is 3.45. The molecule has 1 aromatic rings. The van der Waals surface area contributed by atoms with Crippen molar-refractivity contribution in [1.29, 1.82) is 0 Å².